The maximum atomic E-state index is 11.6. The quantitative estimate of drug-likeness (QED) is 0.784. The highest BCUT2D eigenvalue weighted by Gasteiger charge is 2.11. The maximum Gasteiger partial charge on any atom is 0.220 e. The molecule has 102 valence electrons. The van der Waals surface area contributed by atoms with Crippen molar-refractivity contribution in [3.05, 3.63) is 42.9 Å². The average Bonchev–Trinajstić information content (AvgIpc) is 3.08. The van der Waals surface area contributed by atoms with Crippen LogP contribution in [0.5, 0.6) is 0 Å². The molecule has 0 aliphatic carbocycles. The van der Waals surface area contributed by atoms with E-state index in [0.717, 1.165) is 13.0 Å². The zero-order valence-corrected chi connectivity index (χ0v) is 10.5. The second-order valence-electron chi connectivity index (χ2n) is 4.24. The Morgan fingerprint density at radius 2 is 2.47 bits per heavy atom. The van der Waals surface area contributed by atoms with Gasteiger partial charge in [-0.15, -0.1) is 0 Å². The van der Waals surface area contributed by atoms with Crippen LogP contribution >= 0.6 is 0 Å². The first kappa shape index (κ1) is 13.4. The molecule has 0 bridgehead atoms. The van der Waals surface area contributed by atoms with Crippen LogP contribution in [0.15, 0.2) is 41.5 Å². The summed E-state index contributed by atoms with van der Waals surface area (Å²) in [5.41, 5.74) is 0. The number of aryl methyl sites for hydroxylation is 1. The zero-order valence-electron chi connectivity index (χ0n) is 10.5. The minimum absolute atomic E-state index is 0.0780. The molecule has 0 radical (unpaired) electrons. The standard InChI is InChI=1S/C13H17N3O3/c17-11(12-3-2-8-19-12)9-15-13(18)4-1-6-16-7-5-14-10-16/h2-3,5,7-8,10-11,17H,1,4,6,9H2,(H,15,18). The van der Waals surface area contributed by atoms with Gasteiger partial charge in [0.2, 0.25) is 5.91 Å². The molecule has 0 aliphatic rings. The summed E-state index contributed by atoms with van der Waals surface area (Å²) in [6, 6.07) is 3.38. The van der Waals surface area contributed by atoms with Gasteiger partial charge in [-0.3, -0.25) is 4.79 Å². The number of aliphatic hydroxyl groups excluding tert-OH is 1. The van der Waals surface area contributed by atoms with E-state index in [4.69, 9.17) is 4.42 Å². The molecule has 0 saturated carbocycles. The number of imidazole rings is 1. The summed E-state index contributed by atoms with van der Waals surface area (Å²) in [5, 5.41) is 12.4. The molecule has 0 saturated heterocycles. The van der Waals surface area contributed by atoms with Crippen molar-refractivity contribution >= 4 is 5.91 Å². The van der Waals surface area contributed by atoms with Crippen molar-refractivity contribution in [3.63, 3.8) is 0 Å². The van der Waals surface area contributed by atoms with Crippen LogP contribution in [0.1, 0.15) is 24.7 Å². The summed E-state index contributed by atoms with van der Waals surface area (Å²) in [4.78, 5) is 15.5. The molecule has 6 heteroatoms. The van der Waals surface area contributed by atoms with E-state index < -0.39 is 6.10 Å². The number of hydrogen-bond acceptors (Lipinski definition) is 4. The molecule has 2 aromatic rings. The van der Waals surface area contributed by atoms with Crippen LogP contribution in [0.3, 0.4) is 0 Å². The first-order valence-corrected chi connectivity index (χ1v) is 6.19. The van der Waals surface area contributed by atoms with Crippen LogP contribution in [0.2, 0.25) is 0 Å². The van der Waals surface area contributed by atoms with E-state index in [0.29, 0.717) is 12.2 Å². The van der Waals surface area contributed by atoms with Crippen LogP contribution in [0.25, 0.3) is 0 Å². The lowest BCUT2D eigenvalue weighted by Gasteiger charge is -2.09. The molecule has 1 amide bonds. The van der Waals surface area contributed by atoms with Crippen molar-refractivity contribution < 1.29 is 14.3 Å². The van der Waals surface area contributed by atoms with Gasteiger partial charge in [0.1, 0.15) is 11.9 Å². The molecule has 0 spiro atoms. The van der Waals surface area contributed by atoms with Gasteiger partial charge in [-0.2, -0.15) is 0 Å². The lowest BCUT2D eigenvalue weighted by atomic mass is 10.2. The van der Waals surface area contributed by atoms with E-state index in [1.807, 2.05) is 10.8 Å². The number of aromatic nitrogens is 2. The van der Waals surface area contributed by atoms with Crippen molar-refractivity contribution in [2.45, 2.75) is 25.5 Å². The maximum absolute atomic E-state index is 11.6. The van der Waals surface area contributed by atoms with Crippen LogP contribution < -0.4 is 5.32 Å². The largest absolute Gasteiger partial charge is 0.467 e. The fourth-order valence-electron chi connectivity index (χ4n) is 1.72. The van der Waals surface area contributed by atoms with Gasteiger partial charge < -0.3 is 19.4 Å². The topological polar surface area (TPSA) is 80.3 Å². The normalized spacial score (nSPS) is 12.3. The van der Waals surface area contributed by atoms with E-state index in [-0.39, 0.29) is 12.5 Å². The highest BCUT2D eigenvalue weighted by molar-refractivity contribution is 5.75. The number of carbonyl (C=O) groups excluding carboxylic acids is 1. The number of amides is 1. The number of aliphatic hydroxyl groups is 1. The molecular weight excluding hydrogens is 246 g/mol. The summed E-state index contributed by atoms with van der Waals surface area (Å²) in [6.45, 7) is 0.922. The van der Waals surface area contributed by atoms with E-state index in [9.17, 15) is 9.90 Å². The third-order valence-electron chi connectivity index (χ3n) is 2.74. The van der Waals surface area contributed by atoms with E-state index in [1.54, 1.807) is 24.7 Å². The number of nitrogens with one attached hydrogen (secondary N) is 1. The Morgan fingerprint density at radius 1 is 1.58 bits per heavy atom. The van der Waals surface area contributed by atoms with Crippen molar-refractivity contribution in [1.29, 1.82) is 0 Å². The average molecular weight is 263 g/mol. The van der Waals surface area contributed by atoms with E-state index in [2.05, 4.69) is 10.3 Å². The van der Waals surface area contributed by atoms with Crippen LogP contribution in [-0.4, -0.2) is 27.1 Å². The second kappa shape index (κ2) is 6.75. The summed E-state index contributed by atoms with van der Waals surface area (Å²) in [7, 11) is 0. The van der Waals surface area contributed by atoms with Gasteiger partial charge in [0, 0.05) is 25.4 Å². The highest BCUT2D eigenvalue weighted by Crippen LogP contribution is 2.11. The minimum atomic E-state index is -0.799. The molecule has 19 heavy (non-hydrogen) atoms. The Hall–Kier alpha value is -2.08. The van der Waals surface area contributed by atoms with Gasteiger partial charge in [-0.25, -0.2) is 4.98 Å². The molecule has 2 N–H and O–H groups in total. The molecular formula is C13H17N3O3. The fourth-order valence-corrected chi connectivity index (χ4v) is 1.72. The SMILES string of the molecule is O=C(CCCn1ccnc1)NCC(O)c1ccco1. The number of furan rings is 1. The third kappa shape index (κ3) is 4.26. The number of rotatable bonds is 7. The van der Waals surface area contributed by atoms with Crippen molar-refractivity contribution in [2.75, 3.05) is 6.54 Å². The summed E-state index contributed by atoms with van der Waals surface area (Å²) < 4.78 is 6.97. The molecule has 1 atom stereocenters. The van der Waals surface area contributed by atoms with Crippen molar-refractivity contribution in [2.24, 2.45) is 0 Å². The van der Waals surface area contributed by atoms with Crippen LogP contribution in [0.4, 0.5) is 0 Å². The Balaban J connectivity index is 1.62. The molecule has 0 aromatic carbocycles. The molecule has 1 unspecified atom stereocenters. The van der Waals surface area contributed by atoms with Crippen LogP contribution in [-0.2, 0) is 11.3 Å². The molecule has 0 aliphatic heterocycles. The summed E-state index contributed by atoms with van der Waals surface area (Å²) in [6.07, 6.45) is 7.14. The molecule has 0 fully saturated rings. The Kier molecular flexibility index (Phi) is 4.74. The zero-order chi connectivity index (χ0) is 13.5. The van der Waals surface area contributed by atoms with Crippen LogP contribution in [0, 0.1) is 0 Å². The van der Waals surface area contributed by atoms with Gasteiger partial charge >= 0.3 is 0 Å². The van der Waals surface area contributed by atoms with Gasteiger partial charge in [0.05, 0.1) is 19.1 Å². The first-order chi connectivity index (χ1) is 9.25. The first-order valence-electron chi connectivity index (χ1n) is 6.19. The monoisotopic (exact) mass is 263 g/mol. The van der Waals surface area contributed by atoms with Gasteiger partial charge in [0.25, 0.3) is 0 Å². The lowest BCUT2D eigenvalue weighted by molar-refractivity contribution is -0.121. The van der Waals surface area contributed by atoms with Gasteiger partial charge in [-0.05, 0) is 18.6 Å². The predicted molar refractivity (Wildman–Crippen MR) is 68.1 cm³/mol. The lowest BCUT2D eigenvalue weighted by Crippen LogP contribution is -2.28. The summed E-state index contributed by atoms with van der Waals surface area (Å²) in [5.74, 6) is 0.379. The predicted octanol–water partition coefficient (Wildman–Crippen LogP) is 1.11. The molecule has 2 rings (SSSR count). The third-order valence-corrected chi connectivity index (χ3v) is 2.74. The summed E-state index contributed by atoms with van der Waals surface area (Å²) >= 11 is 0. The number of carbonyl (C=O) groups is 1. The minimum Gasteiger partial charge on any atom is -0.467 e. The molecule has 2 aromatic heterocycles. The Bertz CT molecular complexity index is 479. The Labute approximate surface area is 111 Å². The molecule has 6 nitrogen and oxygen atoms in total. The second-order valence-corrected chi connectivity index (χ2v) is 4.24. The number of hydrogen-bond donors (Lipinski definition) is 2. The van der Waals surface area contributed by atoms with Gasteiger partial charge in [0.15, 0.2) is 0 Å². The Morgan fingerprint density at radius 3 is 3.16 bits per heavy atom. The fraction of sp³-hybridized carbons (Fsp3) is 0.385. The smallest absolute Gasteiger partial charge is 0.220 e. The van der Waals surface area contributed by atoms with E-state index in [1.165, 1.54) is 6.26 Å². The highest BCUT2D eigenvalue weighted by atomic mass is 16.4. The van der Waals surface area contributed by atoms with E-state index >= 15 is 0 Å². The van der Waals surface area contributed by atoms with Crippen molar-refractivity contribution in [1.82, 2.24) is 14.9 Å². The van der Waals surface area contributed by atoms with Crippen molar-refractivity contribution in [3.8, 4) is 0 Å². The molecule has 2 heterocycles. The van der Waals surface area contributed by atoms with Gasteiger partial charge in [-0.1, -0.05) is 0 Å². The number of nitrogens with zero attached hydrogens (tertiary/aromatic N) is 2.